The minimum absolute atomic E-state index is 0.113. The number of rotatable bonds is 3. The van der Waals surface area contributed by atoms with E-state index >= 15 is 0 Å². The molecule has 0 aromatic carbocycles. The summed E-state index contributed by atoms with van der Waals surface area (Å²) in [7, 11) is 0. The van der Waals surface area contributed by atoms with Crippen LogP contribution < -0.4 is 5.32 Å². The number of carbonyl (C=O) groups excluding carboxylic acids is 1. The van der Waals surface area contributed by atoms with E-state index in [2.05, 4.69) is 20.4 Å². The molecule has 0 spiro atoms. The predicted octanol–water partition coefficient (Wildman–Crippen LogP) is 0.658. The van der Waals surface area contributed by atoms with Crippen LogP contribution in [0, 0.1) is 0 Å². The Kier molecular flexibility index (Phi) is 3.87. The van der Waals surface area contributed by atoms with Crippen molar-refractivity contribution in [2.24, 2.45) is 0 Å². The lowest BCUT2D eigenvalue weighted by Gasteiger charge is -2.26. The molecule has 2 aromatic heterocycles. The Morgan fingerprint density at radius 3 is 3.26 bits per heavy atom. The molecule has 0 saturated carbocycles. The molecular weight excluding hydrogens is 292 g/mol. The maximum Gasteiger partial charge on any atom is 0.244 e. The second-order valence-electron chi connectivity index (χ2n) is 6.37. The average molecular weight is 314 g/mol. The first kappa shape index (κ1) is 14.4. The molecule has 0 bridgehead atoms. The maximum absolute atomic E-state index is 12.5. The number of carbonyl (C=O) groups is 1. The van der Waals surface area contributed by atoms with Crippen LogP contribution in [0.3, 0.4) is 0 Å². The average Bonchev–Trinajstić information content (AvgIpc) is 3.24. The minimum atomic E-state index is 0.113. The molecule has 0 unspecified atom stereocenters. The standard InChI is InChI=1S/C16H22N6O/c23-16(21-6-3-14-15(9-21)19-11-18-14)10-22-7-4-13(20-22)12-2-1-5-17-8-12/h4,7,11-12,17H,1-3,5-6,8-10H2,(H,18,19)/t12-/m1/s1. The number of nitrogens with one attached hydrogen (secondary N) is 2. The monoisotopic (exact) mass is 314 g/mol. The molecule has 2 aliphatic heterocycles. The number of H-pyrrole nitrogens is 1. The number of hydrogen-bond acceptors (Lipinski definition) is 4. The molecule has 4 rings (SSSR count). The van der Waals surface area contributed by atoms with Gasteiger partial charge in [0.1, 0.15) is 6.54 Å². The van der Waals surface area contributed by atoms with E-state index in [1.807, 2.05) is 17.2 Å². The molecule has 122 valence electrons. The van der Waals surface area contributed by atoms with Crippen LogP contribution >= 0.6 is 0 Å². The zero-order valence-electron chi connectivity index (χ0n) is 13.2. The summed E-state index contributed by atoms with van der Waals surface area (Å²) in [6.45, 7) is 3.75. The van der Waals surface area contributed by atoms with Gasteiger partial charge in [0.15, 0.2) is 0 Å². The van der Waals surface area contributed by atoms with Gasteiger partial charge >= 0.3 is 0 Å². The van der Waals surface area contributed by atoms with Crippen LogP contribution in [-0.2, 0) is 24.3 Å². The number of hydrogen-bond donors (Lipinski definition) is 2. The van der Waals surface area contributed by atoms with Gasteiger partial charge in [0, 0.05) is 31.6 Å². The number of aromatic nitrogens is 4. The van der Waals surface area contributed by atoms with E-state index in [4.69, 9.17) is 0 Å². The molecule has 23 heavy (non-hydrogen) atoms. The Morgan fingerprint density at radius 1 is 1.43 bits per heavy atom. The van der Waals surface area contributed by atoms with Gasteiger partial charge in [0.05, 0.1) is 30.0 Å². The Bertz CT molecular complexity index is 684. The first-order valence-corrected chi connectivity index (χ1v) is 8.32. The number of imidazole rings is 1. The highest BCUT2D eigenvalue weighted by Gasteiger charge is 2.23. The molecule has 1 fully saturated rings. The summed E-state index contributed by atoms with van der Waals surface area (Å²) in [6, 6.07) is 2.05. The van der Waals surface area contributed by atoms with E-state index in [1.54, 1.807) is 11.0 Å². The zero-order chi connectivity index (χ0) is 15.6. The molecule has 2 aliphatic rings. The lowest BCUT2D eigenvalue weighted by Crippen LogP contribution is -2.38. The Labute approximate surface area is 135 Å². The molecule has 2 N–H and O–H groups in total. The summed E-state index contributed by atoms with van der Waals surface area (Å²) < 4.78 is 1.77. The lowest BCUT2D eigenvalue weighted by molar-refractivity contribution is -0.133. The van der Waals surface area contributed by atoms with E-state index in [0.29, 0.717) is 19.0 Å². The summed E-state index contributed by atoms with van der Waals surface area (Å²) in [5, 5.41) is 8.02. The third-order valence-electron chi connectivity index (χ3n) is 4.80. The van der Waals surface area contributed by atoms with Crippen molar-refractivity contribution in [3.05, 3.63) is 35.7 Å². The van der Waals surface area contributed by atoms with E-state index in [-0.39, 0.29) is 5.91 Å². The predicted molar refractivity (Wildman–Crippen MR) is 84.8 cm³/mol. The molecule has 7 heteroatoms. The van der Waals surface area contributed by atoms with Crippen LogP contribution in [-0.4, -0.2) is 50.2 Å². The number of nitrogens with zero attached hydrogens (tertiary/aromatic N) is 4. The molecule has 2 aromatic rings. The normalized spacial score (nSPS) is 21.2. The molecule has 0 aliphatic carbocycles. The Balaban J connectivity index is 1.38. The number of piperidine rings is 1. The van der Waals surface area contributed by atoms with Crippen molar-refractivity contribution in [2.45, 2.75) is 38.3 Å². The van der Waals surface area contributed by atoms with Crippen molar-refractivity contribution in [1.82, 2.24) is 30.0 Å². The second-order valence-corrected chi connectivity index (χ2v) is 6.37. The lowest BCUT2D eigenvalue weighted by atomic mass is 9.97. The fraction of sp³-hybridized carbons (Fsp3) is 0.562. The topological polar surface area (TPSA) is 78.8 Å². The first-order chi connectivity index (χ1) is 11.3. The van der Waals surface area contributed by atoms with Gasteiger partial charge < -0.3 is 15.2 Å². The molecule has 1 amide bonds. The number of amides is 1. The van der Waals surface area contributed by atoms with Gasteiger partial charge in [0.2, 0.25) is 5.91 Å². The summed E-state index contributed by atoms with van der Waals surface area (Å²) in [4.78, 5) is 21.8. The molecule has 0 radical (unpaired) electrons. The summed E-state index contributed by atoms with van der Waals surface area (Å²) in [5.74, 6) is 0.587. The smallest absolute Gasteiger partial charge is 0.244 e. The van der Waals surface area contributed by atoms with Crippen LogP contribution in [0.1, 0.15) is 35.8 Å². The summed E-state index contributed by atoms with van der Waals surface area (Å²) in [5.41, 5.74) is 3.23. The van der Waals surface area contributed by atoms with Crippen molar-refractivity contribution in [3.8, 4) is 0 Å². The van der Waals surface area contributed by atoms with Crippen LogP contribution in [0.15, 0.2) is 18.6 Å². The van der Waals surface area contributed by atoms with E-state index in [0.717, 1.165) is 43.1 Å². The van der Waals surface area contributed by atoms with Crippen LogP contribution in [0.2, 0.25) is 0 Å². The van der Waals surface area contributed by atoms with Gasteiger partial charge in [-0.05, 0) is 25.5 Å². The summed E-state index contributed by atoms with van der Waals surface area (Å²) in [6.07, 6.45) is 6.82. The quantitative estimate of drug-likeness (QED) is 0.872. The fourth-order valence-corrected chi connectivity index (χ4v) is 3.45. The van der Waals surface area contributed by atoms with Gasteiger partial charge in [-0.3, -0.25) is 9.48 Å². The van der Waals surface area contributed by atoms with Gasteiger partial charge in [0.25, 0.3) is 0 Å². The number of fused-ring (bicyclic) bond motifs is 1. The highest BCUT2D eigenvalue weighted by Crippen LogP contribution is 2.21. The molecule has 1 atom stereocenters. The van der Waals surface area contributed by atoms with Gasteiger partial charge in [-0.25, -0.2) is 4.98 Å². The van der Waals surface area contributed by atoms with Crippen molar-refractivity contribution >= 4 is 5.91 Å². The van der Waals surface area contributed by atoms with Crippen LogP contribution in [0.5, 0.6) is 0 Å². The Morgan fingerprint density at radius 2 is 2.39 bits per heavy atom. The fourth-order valence-electron chi connectivity index (χ4n) is 3.45. The highest BCUT2D eigenvalue weighted by molar-refractivity contribution is 5.76. The molecule has 1 saturated heterocycles. The molecule has 7 nitrogen and oxygen atoms in total. The van der Waals surface area contributed by atoms with Gasteiger partial charge in [-0.15, -0.1) is 0 Å². The van der Waals surface area contributed by atoms with Gasteiger partial charge in [-0.2, -0.15) is 5.10 Å². The second kappa shape index (κ2) is 6.16. The highest BCUT2D eigenvalue weighted by atomic mass is 16.2. The van der Waals surface area contributed by atoms with Crippen LogP contribution in [0.4, 0.5) is 0 Å². The van der Waals surface area contributed by atoms with E-state index < -0.39 is 0 Å². The van der Waals surface area contributed by atoms with Crippen molar-refractivity contribution in [1.29, 1.82) is 0 Å². The van der Waals surface area contributed by atoms with Gasteiger partial charge in [-0.1, -0.05) is 0 Å². The third kappa shape index (κ3) is 3.01. The van der Waals surface area contributed by atoms with Crippen molar-refractivity contribution < 1.29 is 4.79 Å². The third-order valence-corrected chi connectivity index (χ3v) is 4.80. The van der Waals surface area contributed by atoms with E-state index in [1.165, 1.54) is 12.8 Å². The van der Waals surface area contributed by atoms with Crippen molar-refractivity contribution in [2.75, 3.05) is 19.6 Å². The zero-order valence-corrected chi connectivity index (χ0v) is 13.2. The maximum atomic E-state index is 12.5. The van der Waals surface area contributed by atoms with Crippen LogP contribution in [0.25, 0.3) is 0 Å². The first-order valence-electron chi connectivity index (χ1n) is 8.32. The summed E-state index contributed by atoms with van der Waals surface area (Å²) >= 11 is 0. The number of aromatic amines is 1. The SMILES string of the molecule is O=C(Cn1ccc([C@@H]2CCCNC2)n1)N1CCc2nc[nH]c2C1. The molecular formula is C16H22N6O. The Hall–Kier alpha value is -2.15. The molecule has 4 heterocycles. The largest absolute Gasteiger partial charge is 0.347 e. The van der Waals surface area contributed by atoms with Crippen molar-refractivity contribution in [3.63, 3.8) is 0 Å². The van der Waals surface area contributed by atoms with E-state index in [9.17, 15) is 4.79 Å². The minimum Gasteiger partial charge on any atom is -0.347 e.